The number of hydrogen-bond acceptors (Lipinski definition) is 5. The van der Waals surface area contributed by atoms with Gasteiger partial charge in [-0.3, -0.25) is 0 Å². The van der Waals surface area contributed by atoms with Crippen molar-refractivity contribution >= 4 is 45.3 Å². The molecule has 6 heteroatoms. The molecule has 0 bridgehead atoms. The largest absolute Gasteiger partial charge is 0.341 e. The molecule has 6 aromatic rings. The molecule has 6 rings (SSSR count). The van der Waals surface area contributed by atoms with Crippen molar-refractivity contribution < 1.29 is 4.63 Å². The number of hydrogen-bond donors (Lipinski definition) is 0. The molecule has 0 spiro atoms. The van der Waals surface area contributed by atoms with Crippen LogP contribution in [0.1, 0.15) is 18.2 Å². The van der Waals surface area contributed by atoms with Crippen LogP contribution in [0.25, 0.3) is 56.5 Å². The highest BCUT2D eigenvalue weighted by Gasteiger charge is 2.13. The maximum Gasteiger partial charge on any atom is 0.243 e. The van der Waals surface area contributed by atoms with E-state index in [0.29, 0.717) is 11.3 Å². The summed E-state index contributed by atoms with van der Waals surface area (Å²) in [5.74, 6) is 0. The van der Waals surface area contributed by atoms with Crippen LogP contribution in [0.5, 0.6) is 0 Å². The fraction of sp³-hybridized carbons (Fsp3) is 0.0769. The van der Waals surface area contributed by atoms with Gasteiger partial charge in [-0.05, 0) is 47.1 Å². The summed E-state index contributed by atoms with van der Waals surface area (Å²) >= 11 is 0. The van der Waals surface area contributed by atoms with Crippen LogP contribution >= 0.6 is 0 Å². The molecule has 0 aliphatic heterocycles. The highest BCUT2D eigenvalue weighted by molar-refractivity contribution is 6.08. The molecule has 3 heterocycles. The highest BCUT2D eigenvalue weighted by Crippen LogP contribution is 2.30. The van der Waals surface area contributed by atoms with Crippen LogP contribution in [0, 0.1) is 0 Å². The van der Waals surface area contributed by atoms with Crippen molar-refractivity contribution in [1.29, 1.82) is 0 Å². The Morgan fingerprint density at radius 2 is 1.53 bits per heavy atom. The second kappa shape index (κ2) is 7.42. The van der Waals surface area contributed by atoms with Crippen molar-refractivity contribution in [3.8, 4) is 11.3 Å². The third-order valence-corrected chi connectivity index (χ3v) is 5.73. The van der Waals surface area contributed by atoms with Crippen molar-refractivity contribution in [2.24, 2.45) is 0 Å². The Bertz CT molecular complexity index is 1610. The minimum atomic E-state index is 0.394. The number of aryl methyl sites for hydroxylation is 1. The number of fused-ring (bicyclic) bond motifs is 4. The molecule has 3 aromatic carbocycles. The number of rotatable bonds is 4. The molecule has 154 valence electrons. The Morgan fingerprint density at radius 3 is 2.38 bits per heavy atom. The first-order chi connectivity index (χ1) is 15.8. The van der Waals surface area contributed by atoms with Gasteiger partial charge < -0.3 is 4.57 Å². The molecule has 0 atom stereocenters. The van der Waals surface area contributed by atoms with Crippen LogP contribution in [0.4, 0.5) is 0 Å². The van der Waals surface area contributed by atoms with E-state index in [0.717, 1.165) is 29.1 Å². The van der Waals surface area contributed by atoms with Gasteiger partial charge in [-0.15, -0.1) is 0 Å². The van der Waals surface area contributed by atoms with E-state index in [1.807, 2.05) is 36.4 Å². The monoisotopic (exact) mass is 417 g/mol. The van der Waals surface area contributed by atoms with Gasteiger partial charge in [0.15, 0.2) is 0 Å². The normalized spacial score (nSPS) is 11.9. The fourth-order valence-corrected chi connectivity index (χ4v) is 4.27. The molecule has 0 saturated carbocycles. The summed E-state index contributed by atoms with van der Waals surface area (Å²) in [5.41, 5.74) is 6.81. The minimum Gasteiger partial charge on any atom is -0.341 e. The molecule has 3 aromatic heterocycles. The Morgan fingerprint density at radius 1 is 0.781 bits per heavy atom. The molecule has 0 fully saturated rings. The summed E-state index contributed by atoms with van der Waals surface area (Å²) in [6.07, 6.45) is 4.04. The minimum absolute atomic E-state index is 0.394. The lowest BCUT2D eigenvalue weighted by atomic mass is 10.1. The highest BCUT2D eigenvalue weighted by atomic mass is 16.6. The number of aromatic nitrogens is 5. The van der Waals surface area contributed by atoms with Crippen LogP contribution in [0.2, 0.25) is 0 Å². The Balaban J connectivity index is 1.48. The van der Waals surface area contributed by atoms with Gasteiger partial charge in [0.1, 0.15) is 0 Å². The molecular formula is C26H19N5O. The number of nitrogens with zero attached hydrogens (tertiary/aromatic N) is 5. The average molecular weight is 417 g/mol. The summed E-state index contributed by atoms with van der Waals surface area (Å²) in [6.45, 7) is 3.11. The summed E-state index contributed by atoms with van der Waals surface area (Å²) < 4.78 is 7.17. The molecular weight excluding hydrogens is 398 g/mol. The molecule has 0 saturated heterocycles. The average Bonchev–Trinajstić information content (AvgIpc) is 3.44. The SMILES string of the molecule is CCn1c2ccccc2c2cc(/C=C/c3nc4nonc4nc3-c3ccccc3)ccc21. The maximum atomic E-state index is 4.82. The van der Waals surface area contributed by atoms with Gasteiger partial charge in [-0.25, -0.2) is 14.6 Å². The second-order valence-electron chi connectivity index (χ2n) is 7.61. The third kappa shape index (κ3) is 2.96. The first kappa shape index (κ1) is 18.4. The first-order valence-electron chi connectivity index (χ1n) is 10.6. The fourth-order valence-electron chi connectivity index (χ4n) is 4.27. The molecule has 32 heavy (non-hydrogen) atoms. The topological polar surface area (TPSA) is 69.6 Å². The molecule has 0 aliphatic rings. The van der Waals surface area contributed by atoms with Gasteiger partial charge in [0, 0.05) is 33.9 Å². The molecule has 0 radical (unpaired) electrons. The zero-order valence-corrected chi connectivity index (χ0v) is 17.4. The van der Waals surface area contributed by atoms with Crippen molar-refractivity contribution in [2.45, 2.75) is 13.5 Å². The Labute approximate surface area is 183 Å². The van der Waals surface area contributed by atoms with E-state index in [-0.39, 0.29) is 0 Å². The summed E-state index contributed by atoms with van der Waals surface area (Å²) in [6, 6.07) is 25.0. The summed E-state index contributed by atoms with van der Waals surface area (Å²) in [4.78, 5) is 9.27. The lowest BCUT2D eigenvalue weighted by Crippen LogP contribution is -1.94. The zero-order chi connectivity index (χ0) is 21.5. The molecule has 0 aliphatic carbocycles. The van der Waals surface area contributed by atoms with Crippen molar-refractivity contribution in [1.82, 2.24) is 24.8 Å². The predicted molar refractivity (Wildman–Crippen MR) is 127 cm³/mol. The van der Waals surface area contributed by atoms with Gasteiger partial charge in [-0.2, -0.15) is 0 Å². The van der Waals surface area contributed by atoms with Gasteiger partial charge >= 0.3 is 0 Å². The first-order valence-corrected chi connectivity index (χ1v) is 10.6. The quantitative estimate of drug-likeness (QED) is 0.353. The van der Waals surface area contributed by atoms with E-state index in [2.05, 4.69) is 80.3 Å². The summed E-state index contributed by atoms with van der Waals surface area (Å²) in [5, 5.41) is 10.2. The lowest BCUT2D eigenvalue weighted by molar-refractivity contribution is 0.314. The lowest BCUT2D eigenvalue weighted by Gasteiger charge is -2.04. The number of para-hydroxylation sites is 1. The van der Waals surface area contributed by atoms with E-state index in [4.69, 9.17) is 4.63 Å². The van der Waals surface area contributed by atoms with E-state index >= 15 is 0 Å². The Kier molecular flexibility index (Phi) is 4.28. The van der Waals surface area contributed by atoms with E-state index < -0.39 is 0 Å². The van der Waals surface area contributed by atoms with Gasteiger partial charge in [0.05, 0.1) is 11.4 Å². The van der Waals surface area contributed by atoms with E-state index in [1.165, 1.54) is 21.8 Å². The van der Waals surface area contributed by atoms with Gasteiger partial charge in [0.25, 0.3) is 0 Å². The standard InChI is InChI=1S/C26H19N5O/c1-2-31-22-11-7-6-10-19(22)20-16-17(13-15-23(20)31)12-14-21-24(18-8-4-3-5-9-18)28-26-25(27-21)29-32-30-26/h3-16H,2H2,1H3/b14-12+. The smallest absolute Gasteiger partial charge is 0.243 e. The van der Waals surface area contributed by atoms with Crippen molar-refractivity contribution in [3.05, 3.63) is 84.1 Å². The van der Waals surface area contributed by atoms with Crippen LogP contribution in [0.3, 0.4) is 0 Å². The van der Waals surface area contributed by atoms with Crippen LogP contribution in [-0.2, 0) is 6.54 Å². The van der Waals surface area contributed by atoms with E-state index in [1.54, 1.807) is 0 Å². The molecule has 0 unspecified atom stereocenters. The Hall–Kier alpha value is -4.32. The van der Waals surface area contributed by atoms with Crippen LogP contribution in [0.15, 0.2) is 77.4 Å². The van der Waals surface area contributed by atoms with Crippen LogP contribution < -0.4 is 0 Å². The van der Waals surface area contributed by atoms with Gasteiger partial charge in [0.2, 0.25) is 11.3 Å². The second-order valence-corrected chi connectivity index (χ2v) is 7.61. The van der Waals surface area contributed by atoms with E-state index in [9.17, 15) is 0 Å². The maximum absolute atomic E-state index is 4.82. The number of benzene rings is 3. The predicted octanol–water partition coefficient (Wildman–Crippen LogP) is 5.98. The van der Waals surface area contributed by atoms with Gasteiger partial charge in [-0.1, -0.05) is 60.7 Å². The molecule has 0 amide bonds. The van der Waals surface area contributed by atoms with Crippen LogP contribution in [-0.4, -0.2) is 24.8 Å². The van der Waals surface area contributed by atoms with Crippen molar-refractivity contribution in [3.63, 3.8) is 0 Å². The molecule has 6 nitrogen and oxygen atoms in total. The summed E-state index contributed by atoms with van der Waals surface area (Å²) in [7, 11) is 0. The van der Waals surface area contributed by atoms with Crippen molar-refractivity contribution in [2.75, 3.05) is 0 Å². The molecule has 0 N–H and O–H groups in total. The zero-order valence-electron chi connectivity index (χ0n) is 17.4. The third-order valence-electron chi connectivity index (χ3n) is 5.73.